The Hall–Kier alpha value is -0.840. The summed E-state index contributed by atoms with van der Waals surface area (Å²) in [5.41, 5.74) is -0.201. The van der Waals surface area contributed by atoms with Crippen LogP contribution in [0.25, 0.3) is 0 Å². The maximum absolute atomic E-state index is 11.1. The zero-order valence-electron chi connectivity index (χ0n) is 6.20. The lowest BCUT2D eigenvalue weighted by Crippen LogP contribution is -2.25. The maximum Gasteiger partial charge on any atom is 0.363 e. The van der Waals surface area contributed by atoms with E-state index in [1.54, 1.807) is 0 Å². The molecule has 0 aliphatic rings. The molecule has 5 nitrogen and oxygen atoms in total. The van der Waals surface area contributed by atoms with Crippen LogP contribution >= 0.6 is 11.6 Å². The van der Waals surface area contributed by atoms with E-state index < -0.39 is 0 Å². The number of halogens is 1. The third-order valence-corrected chi connectivity index (χ3v) is 1.46. The Labute approximate surface area is 68.5 Å². The predicted molar refractivity (Wildman–Crippen MR) is 40.7 cm³/mol. The lowest BCUT2D eigenvalue weighted by atomic mass is 10.7. The van der Waals surface area contributed by atoms with E-state index in [0.717, 1.165) is 0 Å². The summed E-state index contributed by atoms with van der Waals surface area (Å²) in [5.74, 6) is 0.377. The third-order valence-electron chi connectivity index (χ3n) is 1.29. The van der Waals surface area contributed by atoms with Gasteiger partial charge in [0.2, 0.25) is 0 Å². The Balaban J connectivity index is 2.92. The molecular formula is C5H9ClN4O. The molecule has 0 saturated carbocycles. The van der Waals surface area contributed by atoms with Gasteiger partial charge in [0.25, 0.3) is 0 Å². The van der Waals surface area contributed by atoms with Gasteiger partial charge < -0.3 is 0 Å². The Kier molecular flexibility index (Phi) is 2.64. The topological polar surface area (TPSA) is 52.7 Å². The second-order valence-electron chi connectivity index (χ2n) is 1.99. The zero-order valence-corrected chi connectivity index (χ0v) is 6.95. The molecule has 0 atom stereocenters. The summed E-state index contributed by atoms with van der Waals surface area (Å²) in [5, 5.41) is 7.22. The minimum absolute atomic E-state index is 0.201. The van der Waals surface area contributed by atoms with Crippen molar-refractivity contribution in [2.45, 2.75) is 20.0 Å². The Morgan fingerprint density at radius 1 is 1.45 bits per heavy atom. The van der Waals surface area contributed by atoms with Gasteiger partial charge in [-0.1, -0.05) is 0 Å². The molecule has 0 aromatic carbocycles. The van der Waals surface area contributed by atoms with Crippen molar-refractivity contribution in [3.8, 4) is 0 Å². The standard InChI is InChI=1S/C5H9ClN4O/c1-2-9-5(11)10(4-3-6)8-7-9/h2-4H2,1H3. The average molecular weight is 177 g/mol. The van der Waals surface area contributed by atoms with Gasteiger partial charge in [-0.15, -0.1) is 11.6 Å². The molecule has 0 radical (unpaired) electrons. The van der Waals surface area contributed by atoms with Crippen LogP contribution in [0, 0.1) is 0 Å². The Bertz CT molecular complexity index is 278. The number of aryl methyl sites for hydroxylation is 2. The summed E-state index contributed by atoms with van der Waals surface area (Å²) >= 11 is 5.42. The lowest BCUT2D eigenvalue weighted by molar-refractivity contribution is 0.609. The van der Waals surface area contributed by atoms with Crippen LogP contribution in [0.4, 0.5) is 0 Å². The summed E-state index contributed by atoms with van der Waals surface area (Å²) in [6.07, 6.45) is 0. The molecule has 0 spiro atoms. The fraction of sp³-hybridized carbons (Fsp3) is 0.800. The van der Waals surface area contributed by atoms with E-state index in [1.165, 1.54) is 9.36 Å². The maximum atomic E-state index is 11.1. The van der Waals surface area contributed by atoms with Crippen molar-refractivity contribution >= 4 is 11.6 Å². The number of rotatable bonds is 3. The van der Waals surface area contributed by atoms with Gasteiger partial charge in [0.15, 0.2) is 0 Å². The van der Waals surface area contributed by atoms with Crippen LogP contribution in [0.1, 0.15) is 6.92 Å². The Morgan fingerprint density at radius 3 is 2.55 bits per heavy atom. The van der Waals surface area contributed by atoms with Crippen LogP contribution in [-0.2, 0) is 13.1 Å². The zero-order chi connectivity index (χ0) is 8.27. The highest BCUT2D eigenvalue weighted by Crippen LogP contribution is 1.78. The number of hydrogen-bond acceptors (Lipinski definition) is 3. The minimum atomic E-state index is -0.201. The van der Waals surface area contributed by atoms with Gasteiger partial charge in [-0.05, 0) is 17.4 Å². The van der Waals surface area contributed by atoms with Crippen molar-refractivity contribution < 1.29 is 0 Å². The quantitative estimate of drug-likeness (QED) is 0.595. The molecule has 0 saturated heterocycles. The first-order chi connectivity index (χ1) is 5.29. The molecule has 6 heteroatoms. The summed E-state index contributed by atoms with van der Waals surface area (Å²) < 4.78 is 2.53. The SMILES string of the molecule is CCn1nnn(CCCl)c1=O. The van der Waals surface area contributed by atoms with Gasteiger partial charge in [0.1, 0.15) is 0 Å². The van der Waals surface area contributed by atoms with E-state index in [-0.39, 0.29) is 5.69 Å². The smallest absolute Gasteiger partial charge is 0.244 e. The van der Waals surface area contributed by atoms with Crippen molar-refractivity contribution in [1.82, 2.24) is 19.8 Å². The molecule has 0 aliphatic carbocycles. The van der Waals surface area contributed by atoms with Crippen LogP contribution in [0.15, 0.2) is 4.79 Å². The molecular weight excluding hydrogens is 168 g/mol. The van der Waals surface area contributed by atoms with E-state index in [1.807, 2.05) is 6.92 Å². The first kappa shape index (κ1) is 8.26. The van der Waals surface area contributed by atoms with Crippen molar-refractivity contribution in [3.63, 3.8) is 0 Å². The van der Waals surface area contributed by atoms with Crippen LogP contribution in [0.3, 0.4) is 0 Å². The monoisotopic (exact) mass is 176 g/mol. The fourth-order valence-electron chi connectivity index (χ4n) is 0.725. The van der Waals surface area contributed by atoms with Crippen molar-refractivity contribution in [3.05, 3.63) is 10.5 Å². The van der Waals surface area contributed by atoms with Crippen LogP contribution in [0.5, 0.6) is 0 Å². The first-order valence-corrected chi connectivity index (χ1v) is 3.89. The highest BCUT2D eigenvalue weighted by atomic mass is 35.5. The van der Waals surface area contributed by atoms with Crippen LogP contribution in [-0.4, -0.2) is 25.7 Å². The third kappa shape index (κ3) is 1.59. The highest BCUT2D eigenvalue weighted by Gasteiger charge is 2.02. The molecule has 1 aromatic heterocycles. The van der Waals surface area contributed by atoms with E-state index in [4.69, 9.17) is 11.6 Å². The lowest BCUT2D eigenvalue weighted by Gasteiger charge is -1.89. The van der Waals surface area contributed by atoms with E-state index in [2.05, 4.69) is 10.4 Å². The van der Waals surface area contributed by atoms with Crippen LogP contribution < -0.4 is 5.69 Å². The summed E-state index contributed by atoms with van der Waals surface area (Å²) in [4.78, 5) is 11.1. The van der Waals surface area contributed by atoms with Crippen LogP contribution in [0.2, 0.25) is 0 Å². The molecule has 0 bridgehead atoms. The van der Waals surface area contributed by atoms with E-state index in [9.17, 15) is 4.79 Å². The summed E-state index contributed by atoms with van der Waals surface area (Å²) in [6.45, 7) is 2.79. The highest BCUT2D eigenvalue weighted by molar-refractivity contribution is 6.17. The first-order valence-electron chi connectivity index (χ1n) is 3.36. The second kappa shape index (κ2) is 3.52. The molecule has 0 amide bonds. The number of tetrazole rings is 1. The van der Waals surface area contributed by atoms with Gasteiger partial charge in [-0.25, -0.2) is 4.79 Å². The van der Waals surface area contributed by atoms with Gasteiger partial charge in [-0.2, -0.15) is 9.36 Å². The molecule has 1 heterocycles. The van der Waals surface area contributed by atoms with Gasteiger partial charge >= 0.3 is 5.69 Å². The molecule has 1 aromatic rings. The van der Waals surface area contributed by atoms with Gasteiger partial charge in [-0.3, -0.25) is 0 Å². The number of alkyl halides is 1. The summed E-state index contributed by atoms with van der Waals surface area (Å²) in [6, 6.07) is 0. The molecule has 0 unspecified atom stereocenters. The van der Waals surface area contributed by atoms with Crippen molar-refractivity contribution in [2.24, 2.45) is 0 Å². The molecule has 0 aliphatic heterocycles. The average Bonchev–Trinajstić information content (AvgIpc) is 2.34. The molecule has 62 valence electrons. The molecule has 11 heavy (non-hydrogen) atoms. The largest absolute Gasteiger partial charge is 0.363 e. The predicted octanol–water partition coefficient (Wildman–Crippen LogP) is -0.302. The normalized spacial score (nSPS) is 10.4. The molecule has 0 N–H and O–H groups in total. The number of nitrogens with zero attached hydrogens (tertiary/aromatic N) is 4. The van der Waals surface area contributed by atoms with E-state index >= 15 is 0 Å². The fourth-order valence-corrected chi connectivity index (χ4v) is 0.885. The van der Waals surface area contributed by atoms with E-state index in [0.29, 0.717) is 19.0 Å². The van der Waals surface area contributed by atoms with Gasteiger partial charge in [0.05, 0.1) is 6.54 Å². The minimum Gasteiger partial charge on any atom is -0.244 e. The van der Waals surface area contributed by atoms with Gasteiger partial charge in [0, 0.05) is 12.4 Å². The molecule has 1 rings (SSSR count). The number of aromatic nitrogens is 4. The Morgan fingerprint density at radius 2 is 2.09 bits per heavy atom. The number of hydrogen-bond donors (Lipinski definition) is 0. The summed E-state index contributed by atoms with van der Waals surface area (Å²) in [7, 11) is 0. The van der Waals surface area contributed by atoms with Crippen molar-refractivity contribution in [1.29, 1.82) is 0 Å². The molecule has 0 fully saturated rings. The van der Waals surface area contributed by atoms with Crippen molar-refractivity contribution in [2.75, 3.05) is 5.88 Å². The second-order valence-corrected chi connectivity index (χ2v) is 2.37.